The molecule has 0 saturated heterocycles. The molecule has 0 spiro atoms. The number of benzene rings is 2. The summed E-state index contributed by atoms with van der Waals surface area (Å²) in [6, 6.07) is 14.6. The molecule has 5 nitrogen and oxygen atoms in total. The standard InChI is InChI=1S/C19H22FN5/c1-21-19(25(2)13-14-6-5-7-15(20)12-14)22-11-10-18-23-16-8-3-4-9-17(16)24-18/h3-9,12H,10-11,13H2,1-2H3,(H,21,22)(H,23,24). The summed E-state index contributed by atoms with van der Waals surface area (Å²) in [4.78, 5) is 14.1. The molecule has 3 rings (SSSR count). The molecule has 1 aromatic heterocycles. The van der Waals surface area contributed by atoms with Crippen LogP contribution in [-0.4, -0.2) is 41.5 Å². The average molecular weight is 339 g/mol. The monoisotopic (exact) mass is 339 g/mol. The van der Waals surface area contributed by atoms with Crippen molar-refractivity contribution >= 4 is 17.0 Å². The SMILES string of the molecule is CN=C(NCCc1nc2ccccc2[nH]1)N(C)Cc1cccc(F)c1. The minimum atomic E-state index is -0.223. The van der Waals surface area contributed by atoms with Gasteiger partial charge in [-0.25, -0.2) is 9.37 Å². The number of H-pyrrole nitrogens is 1. The van der Waals surface area contributed by atoms with E-state index in [4.69, 9.17) is 0 Å². The highest BCUT2D eigenvalue weighted by atomic mass is 19.1. The van der Waals surface area contributed by atoms with Gasteiger partial charge in [-0.1, -0.05) is 24.3 Å². The first-order valence-electron chi connectivity index (χ1n) is 8.25. The molecular formula is C19H22FN5. The first kappa shape index (κ1) is 17.0. The van der Waals surface area contributed by atoms with Crippen molar-refractivity contribution in [1.82, 2.24) is 20.2 Å². The van der Waals surface area contributed by atoms with Crippen molar-refractivity contribution in [2.45, 2.75) is 13.0 Å². The van der Waals surface area contributed by atoms with Gasteiger partial charge in [-0.2, -0.15) is 0 Å². The number of halogens is 1. The van der Waals surface area contributed by atoms with Gasteiger partial charge in [0, 0.05) is 33.6 Å². The molecular weight excluding hydrogens is 317 g/mol. The largest absolute Gasteiger partial charge is 0.356 e. The number of aromatic nitrogens is 2. The second-order valence-corrected chi connectivity index (χ2v) is 5.91. The zero-order chi connectivity index (χ0) is 17.6. The summed E-state index contributed by atoms with van der Waals surface area (Å²) in [5.41, 5.74) is 2.93. The minimum absolute atomic E-state index is 0.223. The zero-order valence-corrected chi connectivity index (χ0v) is 14.5. The maximum atomic E-state index is 13.3. The minimum Gasteiger partial charge on any atom is -0.356 e. The fourth-order valence-corrected chi connectivity index (χ4v) is 2.79. The van der Waals surface area contributed by atoms with Crippen LogP contribution in [0.3, 0.4) is 0 Å². The number of aromatic amines is 1. The number of nitrogens with one attached hydrogen (secondary N) is 2. The Morgan fingerprint density at radius 3 is 2.84 bits per heavy atom. The Balaban J connectivity index is 1.55. The number of rotatable bonds is 5. The van der Waals surface area contributed by atoms with E-state index in [0.717, 1.165) is 34.8 Å². The Hall–Kier alpha value is -2.89. The van der Waals surface area contributed by atoms with Crippen molar-refractivity contribution < 1.29 is 4.39 Å². The number of fused-ring (bicyclic) bond motifs is 1. The topological polar surface area (TPSA) is 56.3 Å². The van der Waals surface area contributed by atoms with Gasteiger partial charge < -0.3 is 15.2 Å². The molecule has 0 aliphatic heterocycles. The summed E-state index contributed by atoms with van der Waals surface area (Å²) < 4.78 is 13.3. The molecule has 2 N–H and O–H groups in total. The summed E-state index contributed by atoms with van der Waals surface area (Å²) in [5.74, 6) is 1.48. The molecule has 0 bridgehead atoms. The highest BCUT2D eigenvalue weighted by Gasteiger charge is 2.08. The molecule has 0 fully saturated rings. The van der Waals surface area contributed by atoms with Crippen LogP contribution in [0, 0.1) is 5.82 Å². The van der Waals surface area contributed by atoms with Gasteiger partial charge in [0.25, 0.3) is 0 Å². The van der Waals surface area contributed by atoms with Crippen molar-refractivity contribution in [2.75, 3.05) is 20.6 Å². The van der Waals surface area contributed by atoms with Gasteiger partial charge in [0.2, 0.25) is 0 Å². The van der Waals surface area contributed by atoms with E-state index < -0.39 is 0 Å². The molecule has 0 saturated carbocycles. The van der Waals surface area contributed by atoms with Crippen LogP contribution in [0.25, 0.3) is 11.0 Å². The molecule has 3 aromatic rings. The molecule has 0 unspecified atom stereocenters. The number of nitrogens with zero attached hydrogens (tertiary/aromatic N) is 3. The van der Waals surface area contributed by atoms with Gasteiger partial charge in [-0.3, -0.25) is 4.99 Å². The number of para-hydroxylation sites is 2. The van der Waals surface area contributed by atoms with E-state index >= 15 is 0 Å². The lowest BCUT2D eigenvalue weighted by atomic mass is 10.2. The third-order valence-electron chi connectivity index (χ3n) is 3.97. The van der Waals surface area contributed by atoms with Crippen LogP contribution in [0.4, 0.5) is 4.39 Å². The van der Waals surface area contributed by atoms with Gasteiger partial charge in [0.05, 0.1) is 11.0 Å². The lowest BCUT2D eigenvalue weighted by Gasteiger charge is -2.22. The Labute approximate surface area is 146 Å². The smallest absolute Gasteiger partial charge is 0.193 e. The van der Waals surface area contributed by atoms with Crippen molar-refractivity contribution in [3.63, 3.8) is 0 Å². The van der Waals surface area contributed by atoms with Crippen LogP contribution in [-0.2, 0) is 13.0 Å². The molecule has 2 aromatic carbocycles. The highest BCUT2D eigenvalue weighted by Crippen LogP contribution is 2.10. The van der Waals surface area contributed by atoms with Crippen LogP contribution in [0.2, 0.25) is 0 Å². The molecule has 0 radical (unpaired) electrons. The molecule has 0 aliphatic carbocycles. The van der Waals surface area contributed by atoms with Crippen LogP contribution < -0.4 is 5.32 Å². The van der Waals surface area contributed by atoms with Crippen LogP contribution in [0.15, 0.2) is 53.5 Å². The highest BCUT2D eigenvalue weighted by molar-refractivity contribution is 5.79. The van der Waals surface area contributed by atoms with Gasteiger partial charge in [-0.15, -0.1) is 0 Å². The maximum Gasteiger partial charge on any atom is 0.193 e. The summed E-state index contributed by atoms with van der Waals surface area (Å²) >= 11 is 0. The second-order valence-electron chi connectivity index (χ2n) is 5.91. The molecule has 25 heavy (non-hydrogen) atoms. The quantitative estimate of drug-likeness (QED) is 0.555. The molecule has 0 aliphatic rings. The van der Waals surface area contributed by atoms with E-state index in [-0.39, 0.29) is 5.82 Å². The molecule has 6 heteroatoms. The van der Waals surface area contributed by atoms with Crippen molar-refractivity contribution in [3.8, 4) is 0 Å². The number of guanidine groups is 1. The number of hydrogen-bond donors (Lipinski definition) is 2. The van der Waals surface area contributed by atoms with E-state index in [1.807, 2.05) is 42.3 Å². The number of aliphatic imine (C=N–C) groups is 1. The van der Waals surface area contributed by atoms with E-state index in [1.165, 1.54) is 12.1 Å². The normalized spacial score (nSPS) is 11.7. The Bertz CT molecular complexity index is 838. The predicted octanol–water partition coefficient (Wildman–Crippen LogP) is 2.95. The van der Waals surface area contributed by atoms with Crippen molar-refractivity contribution in [3.05, 3.63) is 65.7 Å². The first-order chi connectivity index (χ1) is 12.2. The van der Waals surface area contributed by atoms with Gasteiger partial charge in [0.1, 0.15) is 11.6 Å². The first-order valence-corrected chi connectivity index (χ1v) is 8.25. The second kappa shape index (κ2) is 7.79. The van der Waals surface area contributed by atoms with Gasteiger partial charge in [0.15, 0.2) is 5.96 Å². The average Bonchev–Trinajstić information content (AvgIpc) is 3.01. The Kier molecular flexibility index (Phi) is 5.28. The Morgan fingerprint density at radius 1 is 1.24 bits per heavy atom. The number of hydrogen-bond acceptors (Lipinski definition) is 2. The summed E-state index contributed by atoms with van der Waals surface area (Å²) in [7, 11) is 3.67. The van der Waals surface area contributed by atoms with E-state index in [9.17, 15) is 4.39 Å². The number of imidazole rings is 1. The maximum absolute atomic E-state index is 13.3. The van der Waals surface area contributed by atoms with Crippen LogP contribution >= 0.6 is 0 Å². The molecule has 0 amide bonds. The van der Waals surface area contributed by atoms with E-state index in [0.29, 0.717) is 13.1 Å². The Morgan fingerprint density at radius 2 is 2.08 bits per heavy atom. The van der Waals surface area contributed by atoms with E-state index in [2.05, 4.69) is 20.3 Å². The fourth-order valence-electron chi connectivity index (χ4n) is 2.79. The third kappa shape index (κ3) is 4.35. The molecule has 0 atom stereocenters. The van der Waals surface area contributed by atoms with E-state index in [1.54, 1.807) is 13.1 Å². The van der Waals surface area contributed by atoms with Crippen LogP contribution in [0.5, 0.6) is 0 Å². The third-order valence-corrected chi connectivity index (χ3v) is 3.97. The summed E-state index contributed by atoms with van der Waals surface area (Å²) in [6.07, 6.45) is 0.765. The molecule has 130 valence electrons. The zero-order valence-electron chi connectivity index (χ0n) is 14.5. The lowest BCUT2D eigenvalue weighted by Crippen LogP contribution is -2.39. The van der Waals surface area contributed by atoms with Crippen molar-refractivity contribution in [2.24, 2.45) is 4.99 Å². The predicted molar refractivity (Wildman–Crippen MR) is 99.0 cm³/mol. The fraction of sp³-hybridized carbons (Fsp3) is 0.263. The van der Waals surface area contributed by atoms with Crippen LogP contribution in [0.1, 0.15) is 11.4 Å². The van der Waals surface area contributed by atoms with Crippen molar-refractivity contribution in [1.29, 1.82) is 0 Å². The lowest BCUT2D eigenvalue weighted by molar-refractivity contribution is 0.475. The van der Waals surface area contributed by atoms with Gasteiger partial charge >= 0.3 is 0 Å². The van der Waals surface area contributed by atoms with Gasteiger partial charge in [-0.05, 0) is 29.8 Å². The summed E-state index contributed by atoms with van der Waals surface area (Å²) in [5, 5.41) is 3.32. The molecule has 1 heterocycles. The summed E-state index contributed by atoms with van der Waals surface area (Å²) in [6.45, 7) is 1.29.